The van der Waals surface area contributed by atoms with Gasteiger partial charge in [-0.2, -0.15) is 0 Å². The number of carbonyl (C=O) groups excluding carboxylic acids is 2. The molecule has 2 heterocycles. The zero-order chi connectivity index (χ0) is 20.7. The fourth-order valence-electron chi connectivity index (χ4n) is 3.57. The monoisotopic (exact) mass is 405 g/mol. The Morgan fingerprint density at radius 1 is 0.931 bits per heavy atom. The first-order chi connectivity index (χ1) is 13.8. The van der Waals surface area contributed by atoms with Crippen molar-refractivity contribution in [2.75, 3.05) is 4.90 Å². The molecule has 4 rings (SSSR count). The Morgan fingerprint density at radius 2 is 1.66 bits per heavy atom. The molecule has 1 aliphatic rings. The maximum Gasteiger partial charge on any atom is 0.333 e. The molecule has 0 saturated carbocycles. The standard InChI is InChI=1S/C23H20ClN3O2/c1-14-7-9-19(10-8-14)26-15(2)11-17(16(26)3)12-21-22(28)27(23(29)25-21)20-6-4-5-18(24)13-20/h4-13H,1-3H3,(H,25,29). The van der Waals surface area contributed by atoms with Crippen LogP contribution in [0.25, 0.3) is 11.8 Å². The van der Waals surface area contributed by atoms with Gasteiger partial charge in [0.05, 0.1) is 5.69 Å². The number of nitrogens with zero attached hydrogens (tertiary/aromatic N) is 2. The van der Waals surface area contributed by atoms with E-state index in [0.717, 1.165) is 27.5 Å². The van der Waals surface area contributed by atoms with E-state index in [1.54, 1.807) is 30.3 Å². The number of hydrogen-bond donors (Lipinski definition) is 1. The van der Waals surface area contributed by atoms with Crippen LogP contribution in [-0.2, 0) is 4.79 Å². The summed E-state index contributed by atoms with van der Waals surface area (Å²) in [6.07, 6.45) is 1.72. The molecule has 0 aliphatic carbocycles. The van der Waals surface area contributed by atoms with Crippen molar-refractivity contribution >= 4 is 35.3 Å². The highest BCUT2D eigenvalue weighted by Gasteiger charge is 2.35. The molecule has 146 valence electrons. The Morgan fingerprint density at radius 3 is 2.34 bits per heavy atom. The molecule has 0 radical (unpaired) electrons. The van der Waals surface area contributed by atoms with Gasteiger partial charge in [-0.25, -0.2) is 9.69 Å². The number of imide groups is 1. The minimum absolute atomic E-state index is 0.235. The second-order valence-corrected chi connectivity index (χ2v) is 7.54. The molecule has 1 saturated heterocycles. The number of benzene rings is 2. The van der Waals surface area contributed by atoms with E-state index in [-0.39, 0.29) is 5.70 Å². The summed E-state index contributed by atoms with van der Waals surface area (Å²) in [5.74, 6) is -0.405. The van der Waals surface area contributed by atoms with Crippen molar-refractivity contribution in [2.24, 2.45) is 0 Å². The second kappa shape index (κ2) is 7.26. The predicted octanol–water partition coefficient (Wildman–Crippen LogP) is 5.15. The maximum absolute atomic E-state index is 12.9. The summed E-state index contributed by atoms with van der Waals surface area (Å²) in [6, 6.07) is 16.4. The van der Waals surface area contributed by atoms with Crippen molar-refractivity contribution in [3.8, 4) is 5.69 Å². The normalized spacial score (nSPS) is 15.3. The van der Waals surface area contributed by atoms with Gasteiger partial charge >= 0.3 is 6.03 Å². The molecule has 6 heteroatoms. The van der Waals surface area contributed by atoms with Crippen LogP contribution in [0.4, 0.5) is 10.5 Å². The number of carbonyl (C=O) groups is 2. The Balaban J connectivity index is 1.70. The van der Waals surface area contributed by atoms with Crippen LogP contribution in [0.2, 0.25) is 5.02 Å². The van der Waals surface area contributed by atoms with Gasteiger partial charge in [0, 0.05) is 22.1 Å². The van der Waals surface area contributed by atoms with Crippen molar-refractivity contribution in [3.63, 3.8) is 0 Å². The van der Waals surface area contributed by atoms with E-state index in [2.05, 4.69) is 41.1 Å². The molecule has 0 spiro atoms. The smallest absolute Gasteiger partial charge is 0.318 e. The fourth-order valence-corrected chi connectivity index (χ4v) is 3.75. The molecule has 1 N–H and O–H groups in total. The van der Waals surface area contributed by atoms with Gasteiger partial charge in [0.15, 0.2) is 0 Å². The molecule has 1 fully saturated rings. The van der Waals surface area contributed by atoms with E-state index in [1.165, 1.54) is 5.56 Å². The minimum atomic E-state index is -0.490. The summed E-state index contributed by atoms with van der Waals surface area (Å²) in [4.78, 5) is 26.4. The molecule has 29 heavy (non-hydrogen) atoms. The molecule has 5 nitrogen and oxygen atoms in total. The first kappa shape index (κ1) is 19.0. The lowest BCUT2D eigenvalue weighted by molar-refractivity contribution is -0.113. The topological polar surface area (TPSA) is 54.3 Å². The molecule has 3 amide bonds. The lowest BCUT2D eigenvalue weighted by atomic mass is 10.2. The molecule has 3 aromatic rings. The molecule has 0 bridgehead atoms. The number of amides is 3. The summed E-state index contributed by atoms with van der Waals surface area (Å²) in [5, 5.41) is 3.13. The van der Waals surface area contributed by atoms with E-state index in [4.69, 9.17) is 11.6 Å². The first-order valence-corrected chi connectivity index (χ1v) is 9.61. The van der Waals surface area contributed by atoms with Gasteiger partial charge in [0.2, 0.25) is 0 Å². The van der Waals surface area contributed by atoms with Crippen LogP contribution >= 0.6 is 11.6 Å². The molecular weight excluding hydrogens is 386 g/mol. The van der Waals surface area contributed by atoms with Crippen molar-refractivity contribution in [2.45, 2.75) is 20.8 Å². The quantitative estimate of drug-likeness (QED) is 0.483. The number of aryl methyl sites for hydroxylation is 2. The number of hydrogen-bond acceptors (Lipinski definition) is 2. The fraction of sp³-hybridized carbons (Fsp3) is 0.130. The summed E-state index contributed by atoms with van der Waals surface area (Å²) in [6.45, 7) is 6.06. The highest BCUT2D eigenvalue weighted by molar-refractivity contribution is 6.32. The van der Waals surface area contributed by atoms with Crippen molar-refractivity contribution < 1.29 is 9.59 Å². The van der Waals surface area contributed by atoms with Crippen molar-refractivity contribution in [3.05, 3.63) is 87.8 Å². The predicted molar refractivity (Wildman–Crippen MR) is 115 cm³/mol. The highest BCUT2D eigenvalue weighted by atomic mass is 35.5. The van der Waals surface area contributed by atoms with Gasteiger partial charge in [-0.05, 0) is 68.8 Å². The average molecular weight is 406 g/mol. The maximum atomic E-state index is 12.9. The lowest BCUT2D eigenvalue weighted by Gasteiger charge is -2.11. The molecule has 1 aromatic heterocycles. The van der Waals surface area contributed by atoms with Gasteiger partial charge in [0.25, 0.3) is 5.91 Å². The average Bonchev–Trinajstić information content (AvgIpc) is 3.11. The van der Waals surface area contributed by atoms with Crippen LogP contribution in [0.15, 0.2) is 60.3 Å². The summed E-state index contributed by atoms with van der Waals surface area (Å²) in [7, 11) is 0. The zero-order valence-electron chi connectivity index (χ0n) is 16.4. The molecule has 0 atom stereocenters. The van der Waals surface area contributed by atoms with E-state index >= 15 is 0 Å². The molecule has 0 unspecified atom stereocenters. The SMILES string of the molecule is Cc1ccc(-n2c(C)cc(C=C3NC(=O)N(c4cccc(Cl)c4)C3=O)c2C)cc1. The zero-order valence-corrected chi connectivity index (χ0v) is 17.1. The third kappa shape index (κ3) is 3.45. The van der Waals surface area contributed by atoms with Crippen LogP contribution in [0.5, 0.6) is 0 Å². The van der Waals surface area contributed by atoms with Gasteiger partial charge in [-0.1, -0.05) is 35.4 Å². The van der Waals surface area contributed by atoms with Crippen molar-refractivity contribution in [1.82, 2.24) is 9.88 Å². The number of rotatable bonds is 3. The molecule has 2 aromatic carbocycles. The Bertz CT molecular complexity index is 1160. The number of nitrogens with one attached hydrogen (secondary N) is 1. The summed E-state index contributed by atoms with van der Waals surface area (Å²) in [5.41, 5.74) is 5.83. The van der Waals surface area contributed by atoms with E-state index in [0.29, 0.717) is 10.7 Å². The largest absolute Gasteiger partial charge is 0.333 e. The molecule has 1 aliphatic heterocycles. The van der Waals surface area contributed by atoms with Gasteiger partial charge in [-0.3, -0.25) is 4.79 Å². The summed E-state index contributed by atoms with van der Waals surface area (Å²) < 4.78 is 2.13. The number of halogens is 1. The van der Waals surface area contributed by atoms with Gasteiger partial charge < -0.3 is 9.88 Å². The van der Waals surface area contributed by atoms with Gasteiger partial charge in [-0.15, -0.1) is 0 Å². The molecular formula is C23H20ClN3O2. The minimum Gasteiger partial charge on any atom is -0.318 e. The van der Waals surface area contributed by atoms with Crippen LogP contribution in [0, 0.1) is 20.8 Å². The van der Waals surface area contributed by atoms with Crippen LogP contribution in [-0.4, -0.2) is 16.5 Å². The van der Waals surface area contributed by atoms with Crippen LogP contribution in [0.1, 0.15) is 22.5 Å². The third-order valence-corrected chi connectivity index (χ3v) is 5.24. The van der Waals surface area contributed by atoms with E-state index in [9.17, 15) is 9.59 Å². The van der Waals surface area contributed by atoms with Gasteiger partial charge in [0.1, 0.15) is 5.70 Å². The van der Waals surface area contributed by atoms with Crippen LogP contribution in [0.3, 0.4) is 0 Å². The third-order valence-electron chi connectivity index (χ3n) is 5.01. The highest BCUT2D eigenvalue weighted by Crippen LogP contribution is 2.27. The van der Waals surface area contributed by atoms with Crippen LogP contribution < -0.4 is 10.2 Å². The Labute approximate surface area is 174 Å². The van der Waals surface area contributed by atoms with E-state index < -0.39 is 11.9 Å². The Hall–Kier alpha value is -3.31. The van der Waals surface area contributed by atoms with Crippen molar-refractivity contribution in [1.29, 1.82) is 0 Å². The second-order valence-electron chi connectivity index (χ2n) is 7.11. The lowest BCUT2D eigenvalue weighted by Crippen LogP contribution is -2.30. The Kier molecular flexibility index (Phi) is 4.76. The number of aromatic nitrogens is 1. The number of urea groups is 1. The first-order valence-electron chi connectivity index (χ1n) is 9.24. The summed E-state index contributed by atoms with van der Waals surface area (Å²) >= 11 is 6.01. The number of anilines is 1. The van der Waals surface area contributed by atoms with E-state index in [1.807, 2.05) is 19.9 Å².